The number of amides is 2. The van der Waals surface area contributed by atoms with Crippen molar-refractivity contribution in [3.05, 3.63) is 89.3 Å². The molecule has 8 heteroatoms. The van der Waals surface area contributed by atoms with Crippen LogP contribution in [-0.4, -0.2) is 41.0 Å². The fourth-order valence-electron chi connectivity index (χ4n) is 5.82. The maximum absolute atomic E-state index is 13.1. The van der Waals surface area contributed by atoms with Crippen LogP contribution in [0.5, 0.6) is 0 Å². The first-order valence-corrected chi connectivity index (χ1v) is 14.0. The molecule has 2 aliphatic heterocycles. The highest BCUT2D eigenvalue weighted by Crippen LogP contribution is 2.34. The molecule has 0 unspecified atom stereocenters. The van der Waals surface area contributed by atoms with E-state index in [0.717, 1.165) is 61.1 Å². The van der Waals surface area contributed by atoms with Crippen LogP contribution in [0.2, 0.25) is 5.02 Å². The van der Waals surface area contributed by atoms with Crippen LogP contribution in [0.4, 0.5) is 11.4 Å². The van der Waals surface area contributed by atoms with Gasteiger partial charge in [0.25, 0.3) is 5.91 Å². The van der Waals surface area contributed by atoms with Crippen molar-refractivity contribution < 1.29 is 9.59 Å². The number of rotatable bonds is 8. The number of piperidine rings is 1. The van der Waals surface area contributed by atoms with Crippen LogP contribution in [0.25, 0.3) is 10.9 Å². The van der Waals surface area contributed by atoms with Gasteiger partial charge in [-0.3, -0.25) is 14.6 Å². The van der Waals surface area contributed by atoms with Gasteiger partial charge in [-0.2, -0.15) is 0 Å². The van der Waals surface area contributed by atoms with E-state index in [1.165, 1.54) is 5.69 Å². The SMILES string of the molecule is O=C(CCn1ccc2ccc(N3Cc4cccc(Cl)c4C3=O)cc21)NCCC1CCN(c2ccncc2)CC1. The maximum Gasteiger partial charge on any atom is 0.260 e. The Morgan fingerprint density at radius 1 is 1.03 bits per heavy atom. The Hall–Kier alpha value is -3.84. The van der Waals surface area contributed by atoms with Crippen molar-refractivity contribution in [1.29, 1.82) is 0 Å². The zero-order chi connectivity index (χ0) is 26.8. The molecule has 2 amide bonds. The summed E-state index contributed by atoms with van der Waals surface area (Å²) in [5.41, 5.74) is 4.61. The van der Waals surface area contributed by atoms with Gasteiger partial charge in [-0.25, -0.2) is 0 Å². The van der Waals surface area contributed by atoms with Crippen molar-refractivity contribution in [1.82, 2.24) is 14.9 Å². The zero-order valence-electron chi connectivity index (χ0n) is 21.9. The van der Waals surface area contributed by atoms with Gasteiger partial charge in [0.1, 0.15) is 0 Å². The number of benzene rings is 2. The summed E-state index contributed by atoms with van der Waals surface area (Å²) in [6.07, 6.45) is 9.42. The van der Waals surface area contributed by atoms with Gasteiger partial charge in [0, 0.05) is 62.6 Å². The molecular formula is C31H32ClN5O2. The fourth-order valence-corrected chi connectivity index (χ4v) is 6.10. The second-order valence-corrected chi connectivity index (χ2v) is 10.8. The third-order valence-corrected chi connectivity index (χ3v) is 8.37. The lowest BCUT2D eigenvalue weighted by molar-refractivity contribution is -0.121. The number of halogens is 1. The van der Waals surface area contributed by atoms with Crippen LogP contribution in [0.1, 0.15) is 41.6 Å². The number of pyridine rings is 1. The Balaban J connectivity index is 1.00. The normalized spacial score (nSPS) is 15.7. The monoisotopic (exact) mass is 541 g/mol. The Bertz CT molecular complexity index is 1490. The molecule has 2 aliphatic rings. The summed E-state index contributed by atoms with van der Waals surface area (Å²) in [5.74, 6) is 0.641. The molecule has 39 heavy (non-hydrogen) atoms. The molecule has 200 valence electrons. The van der Waals surface area contributed by atoms with Crippen LogP contribution in [0.3, 0.4) is 0 Å². The first-order chi connectivity index (χ1) is 19.1. The molecule has 0 radical (unpaired) electrons. The average Bonchev–Trinajstić information content (AvgIpc) is 3.53. The molecular weight excluding hydrogens is 510 g/mol. The van der Waals surface area contributed by atoms with Crippen molar-refractivity contribution in [2.75, 3.05) is 29.4 Å². The number of aryl methyl sites for hydroxylation is 1. The molecule has 0 spiro atoms. The molecule has 4 heterocycles. The topological polar surface area (TPSA) is 70.5 Å². The predicted molar refractivity (Wildman–Crippen MR) is 155 cm³/mol. The molecule has 4 aromatic rings. The highest BCUT2D eigenvalue weighted by molar-refractivity contribution is 6.35. The number of nitrogens with zero attached hydrogens (tertiary/aromatic N) is 4. The first-order valence-electron chi connectivity index (χ1n) is 13.7. The number of fused-ring (bicyclic) bond motifs is 2. The minimum Gasteiger partial charge on any atom is -0.371 e. The van der Waals surface area contributed by atoms with E-state index in [-0.39, 0.29) is 11.8 Å². The minimum absolute atomic E-state index is 0.0713. The number of carbonyl (C=O) groups excluding carboxylic acids is 2. The van der Waals surface area contributed by atoms with Gasteiger partial charge >= 0.3 is 0 Å². The van der Waals surface area contributed by atoms with Gasteiger partial charge in [-0.05, 0) is 72.5 Å². The first kappa shape index (κ1) is 25.4. The van der Waals surface area contributed by atoms with Crippen molar-refractivity contribution in [3.8, 4) is 0 Å². The Kier molecular flexibility index (Phi) is 7.24. The molecule has 6 rings (SSSR count). The molecule has 0 bridgehead atoms. The second kappa shape index (κ2) is 11.1. The summed E-state index contributed by atoms with van der Waals surface area (Å²) in [7, 11) is 0. The van der Waals surface area contributed by atoms with Crippen LogP contribution < -0.4 is 15.1 Å². The number of anilines is 2. The van der Waals surface area contributed by atoms with E-state index < -0.39 is 0 Å². The summed E-state index contributed by atoms with van der Waals surface area (Å²) >= 11 is 6.31. The van der Waals surface area contributed by atoms with Crippen molar-refractivity contribution in [2.45, 2.75) is 38.8 Å². The zero-order valence-corrected chi connectivity index (χ0v) is 22.6. The molecule has 0 atom stereocenters. The molecule has 2 aromatic carbocycles. The number of nitrogens with one attached hydrogen (secondary N) is 1. The predicted octanol–water partition coefficient (Wildman–Crippen LogP) is 5.66. The lowest BCUT2D eigenvalue weighted by Crippen LogP contribution is -2.35. The smallest absolute Gasteiger partial charge is 0.260 e. The van der Waals surface area contributed by atoms with Gasteiger partial charge in [-0.1, -0.05) is 29.8 Å². The molecule has 0 saturated carbocycles. The van der Waals surface area contributed by atoms with Crippen LogP contribution >= 0.6 is 11.6 Å². The molecule has 7 nitrogen and oxygen atoms in total. The number of hydrogen-bond donors (Lipinski definition) is 1. The van der Waals surface area contributed by atoms with Crippen LogP contribution in [0.15, 0.2) is 73.2 Å². The maximum atomic E-state index is 13.1. The minimum atomic E-state index is -0.0736. The van der Waals surface area contributed by atoms with E-state index in [2.05, 4.69) is 31.9 Å². The van der Waals surface area contributed by atoms with E-state index in [4.69, 9.17) is 11.6 Å². The Morgan fingerprint density at radius 3 is 2.64 bits per heavy atom. The molecule has 1 fully saturated rings. The standard InChI is InChI=1S/C31H32ClN5O2/c32-27-3-1-2-24-21-37(31(39)30(24)27)26-5-4-23-11-18-36(28(23)20-26)19-12-29(38)34-15-6-22-9-16-35(17-10-22)25-7-13-33-14-8-25/h1-5,7-8,11,13-14,18,20,22H,6,9-10,12,15-17,19,21H2,(H,34,38). The fraction of sp³-hybridized carbons (Fsp3) is 0.323. The Morgan fingerprint density at radius 2 is 1.85 bits per heavy atom. The molecule has 2 aromatic heterocycles. The van der Waals surface area contributed by atoms with Crippen LogP contribution in [-0.2, 0) is 17.9 Å². The van der Waals surface area contributed by atoms with Gasteiger partial charge in [-0.15, -0.1) is 0 Å². The molecule has 1 N–H and O–H groups in total. The summed E-state index contributed by atoms with van der Waals surface area (Å²) in [6, 6.07) is 17.8. The van der Waals surface area contributed by atoms with Crippen LogP contribution in [0, 0.1) is 5.92 Å². The molecule has 0 aliphatic carbocycles. The van der Waals surface area contributed by atoms with E-state index in [9.17, 15) is 9.59 Å². The second-order valence-electron chi connectivity index (χ2n) is 10.4. The van der Waals surface area contributed by atoms with Gasteiger partial charge in [0.05, 0.1) is 22.6 Å². The van der Waals surface area contributed by atoms with E-state index in [1.54, 1.807) is 11.0 Å². The highest BCUT2D eigenvalue weighted by atomic mass is 35.5. The van der Waals surface area contributed by atoms with Crippen molar-refractivity contribution in [2.24, 2.45) is 5.92 Å². The third kappa shape index (κ3) is 5.36. The third-order valence-electron chi connectivity index (χ3n) is 8.05. The van der Waals surface area contributed by atoms with Gasteiger partial charge in [0.2, 0.25) is 5.91 Å². The number of aromatic nitrogens is 2. The lowest BCUT2D eigenvalue weighted by atomic mass is 9.93. The van der Waals surface area contributed by atoms with Gasteiger partial charge in [0.15, 0.2) is 0 Å². The van der Waals surface area contributed by atoms with E-state index >= 15 is 0 Å². The summed E-state index contributed by atoms with van der Waals surface area (Å²) in [6.45, 7) is 3.91. The van der Waals surface area contributed by atoms with Crippen molar-refractivity contribution >= 4 is 45.7 Å². The quantitative estimate of drug-likeness (QED) is 0.312. The Labute approximate surface area is 233 Å². The average molecular weight is 542 g/mol. The largest absolute Gasteiger partial charge is 0.371 e. The van der Waals surface area contributed by atoms with Gasteiger partial charge < -0.3 is 19.7 Å². The van der Waals surface area contributed by atoms with E-state index in [1.807, 2.05) is 55.0 Å². The lowest BCUT2D eigenvalue weighted by Gasteiger charge is -2.33. The summed E-state index contributed by atoms with van der Waals surface area (Å²) < 4.78 is 2.09. The number of hydrogen-bond acceptors (Lipinski definition) is 4. The summed E-state index contributed by atoms with van der Waals surface area (Å²) in [5, 5.41) is 4.70. The van der Waals surface area contributed by atoms with E-state index in [0.29, 0.717) is 36.0 Å². The highest BCUT2D eigenvalue weighted by Gasteiger charge is 2.30. The summed E-state index contributed by atoms with van der Waals surface area (Å²) in [4.78, 5) is 34.0. The van der Waals surface area contributed by atoms with Crippen molar-refractivity contribution in [3.63, 3.8) is 0 Å². The molecule has 1 saturated heterocycles. The number of carbonyl (C=O) groups is 2.